The second kappa shape index (κ2) is 8.84. The standard InChI is InChI=1S/C23H24N4O2/c1-29-23(28)19-15-21(26-22(16-19)27-11-9-24-10-12-27)18-7-8-25-20(14-18)13-17-5-3-2-4-6-17/h2-8,14-16,24H,9-13H2,1H3. The van der Waals surface area contributed by atoms with Crippen LogP contribution in [0.25, 0.3) is 11.3 Å². The van der Waals surface area contributed by atoms with Crippen LogP contribution in [-0.4, -0.2) is 49.2 Å². The molecular weight excluding hydrogens is 364 g/mol. The van der Waals surface area contributed by atoms with Crippen LogP contribution in [0, 0.1) is 0 Å². The summed E-state index contributed by atoms with van der Waals surface area (Å²) in [7, 11) is 1.40. The molecule has 29 heavy (non-hydrogen) atoms. The number of nitrogens with one attached hydrogen (secondary N) is 1. The molecule has 0 radical (unpaired) electrons. The molecule has 3 aromatic rings. The Morgan fingerprint density at radius 2 is 1.90 bits per heavy atom. The van der Waals surface area contributed by atoms with E-state index in [9.17, 15) is 4.79 Å². The van der Waals surface area contributed by atoms with E-state index in [0.29, 0.717) is 5.56 Å². The second-order valence-electron chi connectivity index (χ2n) is 7.03. The van der Waals surface area contributed by atoms with E-state index in [-0.39, 0.29) is 5.97 Å². The molecule has 0 amide bonds. The van der Waals surface area contributed by atoms with E-state index in [1.165, 1.54) is 12.7 Å². The Morgan fingerprint density at radius 3 is 2.66 bits per heavy atom. The predicted octanol–water partition coefficient (Wildman–Crippen LogP) is 2.93. The van der Waals surface area contributed by atoms with Gasteiger partial charge in [0.1, 0.15) is 5.82 Å². The second-order valence-corrected chi connectivity index (χ2v) is 7.03. The molecule has 6 nitrogen and oxygen atoms in total. The number of ether oxygens (including phenoxy) is 1. The van der Waals surface area contributed by atoms with Gasteiger partial charge in [-0.05, 0) is 29.8 Å². The number of nitrogens with zero attached hydrogens (tertiary/aromatic N) is 3. The molecule has 4 rings (SSSR count). The summed E-state index contributed by atoms with van der Waals surface area (Å²) in [6.45, 7) is 3.51. The minimum Gasteiger partial charge on any atom is -0.465 e. The van der Waals surface area contributed by atoms with Crippen LogP contribution in [0.1, 0.15) is 21.6 Å². The summed E-state index contributed by atoms with van der Waals surface area (Å²) < 4.78 is 4.96. The lowest BCUT2D eigenvalue weighted by atomic mass is 10.1. The highest BCUT2D eigenvalue weighted by Crippen LogP contribution is 2.25. The Kier molecular flexibility index (Phi) is 5.81. The Bertz CT molecular complexity index is 985. The van der Waals surface area contributed by atoms with Gasteiger partial charge in [0.05, 0.1) is 18.4 Å². The number of aromatic nitrogens is 2. The van der Waals surface area contributed by atoms with Crippen molar-refractivity contribution in [3.63, 3.8) is 0 Å². The van der Waals surface area contributed by atoms with Crippen molar-refractivity contribution in [2.45, 2.75) is 6.42 Å². The number of carbonyl (C=O) groups is 1. The van der Waals surface area contributed by atoms with E-state index in [4.69, 9.17) is 9.72 Å². The van der Waals surface area contributed by atoms with Gasteiger partial charge < -0.3 is 15.0 Å². The van der Waals surface area contributed by atoms with Gasteiger partial charge >= 0.3 is 5.97 Å². The molecule has 0 bridgehead atoms. The van der Waals surface area contributed by atoms with Crippen molar-refractivity contribution in [2.24, 2.45) is 0 Å². The van der Waals surface area contributed by atoms with E-state index >= 15 is 0 Å². The summed E-state index contributed by atoms with van der Waals surface area (Å²) in [5, 5.41) is 3.34. The van der Waals surface area contributed by atoms with Crippen LogP contribution >= 0.6 is 0 Å². The molecule has 0 saturated carbocycles. The number of benzene rings is 1. The highest BCUT2D eigenvalue weighted by Gasteiger charge is 2.17. The molecule has 3 heterocycles. The average Bonchev–Trinajstić information content (AvgIpc) is 2.79. The molecule has 1 saturated heterocycles. The largest absolute Gasteiger partial charge is 0.465 e. The zero-order valence-corrected chi connectivity index (χ0v) is 16.5. The van der Waals surface area contributed by atoms with Crippen LogP contribution in [-0.2, 0) is 11.2 Å². The first-order valence-electron chi connectivity index (χ1n) is 9.78. The maximum absolute atomic E-state index is 12.2. The Balaban J connectivity index is 1.69. The number of rotatable bonds is 5. The number of hydrogen-bond acceptors (Lipinski definition) is 6. The summed E-state index contributed by atoms with van der Waals surface area (Å²) in [6, 6.07) is 17.8. The lowest BCUT2D eigenvalue weighted by Gasteiger charge is -2.29. The molecule has 0 spiro atoms. The lowest BCUT2D eigenvalue weighted by Crippen LogP contribution is -2.44. The van der Waals surface area contributed by atoms with Crippen LogP contribution in [0.3, 0.4) is 0 Å². The molecule has 2 aromatic heterocycles. The third-order valence-corrected chi connectivity index (χ3v) is 5.01. The van der Waals surface area contributed by atoms with Crippen LogP contribution in [0.4, 0.5) is 5.82 Å². The lowest BCUT2D eigenvalue weighted by molar-refractivity contribution is 0.0600. The van der Waals surface area contributed by atoms with Gasteiger partial charge in [0.2, 0.25) is 0 Å². The topological polar surface area (TPSA) is 67.3 Å². The highest BCUT2D eigenvalue weighted by atomic mass is 16.5. The molecule has 1 fully saturated rings. The van der Waals surface area contributed by atoms with Crippen molar-refractivity contribution in [3.05, 3.63) is 77.6 Å². The van der Waals surface area contributed by atoms with E-state index in [0.717, 1.165) is 55.4 Å². The Hall–Kier alpha value is -3.25. The molecule has 0 unspecified atom stereocenters. The molecule has 148 valence electrons. The van der Waals surface area contributed by atoms with Crippen molar-refractivity contribution in [2.75, 3.05) is 38.2 Å². The van der Waals surface area contributed by atoms with Crippen molar-refractivity contribution in [1.29, 1.82) is 0 Å². The van der Waals surface area contributed by atoms with E-state index in [1.54, 1.807) is 12.3 Å². The summed E-state index contributed by atoms with van der Waals surface area (Å²) in [4.78, 5) is 23.8. The highest BCUT2D eigenvalue weighted by molar-refractivity contribution is 5.91. The van der Waals surface area contributed by atoms with Gasteiger partial charge in [-0.3, -0.25) is 4.98 Å². The van der Waals surface area contributed by atoms with Crippen LogP contribution < -0.4 is 10.2 Å². The van der Waals surface area contributed by atoms with Gasteiger partial charge in [-0.15, -0.1) is 0 Å². The number of carbonyl (C=O) groups excluding carboxylic acids is 1. The van der Waals surface area contributed by atoms with Crippen LogP contribution in [0.5, 0.6) is 0 Å². The zero-order chi connectivity index (χ0) is 20.1. The molecular formula is C23H24N4O2. The van der Waals surface area contributed by atoms with E-state index in [1.807, 2.05) is 36.4 Å². The molecule has 6 heteroatoms. The van der Waals surface area contributed by atoms with Crippen molar-refractivity contribution < 1.29 is 9.53 Å². The van der Waals surface area contributed by atoms with E-state index < -0.39 is 0 Å². The molecule has 0 aliphatic carbocycles. The SMILES string of the molecule is COC(=O)c1cc(-c2ccnc(Cc3ccccc3)c2)nc(N2CCNCC2)c1. The molecule has 0 atom stereocenters. The molecule has 1 aliphatic rings. The fourth-order valence-electron chi connectivity index (χ4n) is 3.49. The van der Waals surface area contributed by atoms with E-state index in [2.05, 4.69) is 27.3 Å². The monoisotopic (exact) mass is 388 g/mol. The molecule has 1 N–H and O–H groups in total. The van der Waals surface area contributed by atoms with Crippen molar-refractivity contribution >= 4 is 11.8 Å². The Morgan fingerprint density at radius 1 is 1.10 bits per heavy atom. The quantitative estimate of drug-likeness (QED) is 0.678. The fraction of sp³-hybridized carbons (Fsp3) is 0.261. The number of piperazine rings is 1. The first-order chi connectivity index (χ1) is 14.2. The third kappa shape index (κ3) is 4.60. The zero-order valence-electron chi connectivity index (χ0n) is 16.5. The number of anilines is 1. The van der Waals surface area contributed by atoms with Crippen LogP contribution in [0.15, 0.2) is 60.8 Å². The summed E-state index contributed by atoms with van der Waals surface area (Å²) in [5.41, 5.74) is 4.36. The van der Waals surface area contributed by atoms with Gasteiger partial charge in [0.25, 0.3) is 0 Å². The molecule has 1 aromatic carbocycles. The summed E-state index contributed by atoms with van der Waals surface area (Å²) >= 11 is 0. The minimum atomic E-state index is -0.358. The number of methoxy groups -OCH3 is 1. The predicted molar refractivity (Wildman–Crippen MR) is 113 cm³/mol. The normalized spacial score (nSPS) is 13.9. The van der Waals surface area contributed by atoms with Gasteiger partial charge in [-0.1, -0.05) is 30.3 Å². The van der Waals surface area contributed by atoms with Gasteiger partial charge in [-0.25, -0.2) is 9.78 Å². The van der Waals surface area contributed by atoms with Gasteiger partial charge in [-0.2, -0.15) is 0 Å². The van der Waals surface area contributed by atoms with Crippen molar-refractivity contribution in [3.8, 4) is 11.3 Å². The smallest absolute Gasteiger partial charge is 0.338 e. The number of esters is 1. The van der Waals surface area contributed by atoms with Gasteiger partial charge in [0.15, 0.2) is 0 Å². The molecule has 1 aliphatic heterocycles. The average molecular weight is 388 g/mol. The Labute approximate surface area is 170 Å². The van der Waals surface area contributed by atoms with Crippen molar-refractivity contribution in [1.82, 2.24) is 15.3 Å². The maximum Gasteiger partial charge on any atom is 0.338 e. The first kappa shape index (κ1) is 19.1. The maximum atomic E-state index is 12.2. The third-order valence-electron chi connectivity index (χ3n) is 5.01. The summed E-state index contributed by atoms with van der Waals surface area (Å²) in [6.07, 6.45) is 2.54. The van der Waals surface area contributed by atoms with Gasteiger partial charge in [0, 0.05) is 50.1 Å². The fourth-order valence-corrected chi connectivity index (χ4v) is 3.49. The van der Waals surface area contributed by atoms with Crippen LogP contribution in [0.2, 0.25) is 0 Å². The number of hydrogen-bond donors (Lipinski definition) is 1. The minimum absolute atomic E-state index is 0.358. The number of pyridine rings is 2. The first-order valence-corrected chi connectivity index (χ1v) is 9.78. The summed E-state index contributed by atoms with van der Waals surface area (Å²) in [5.74, 6) is 0.439.